The van der Waals surface area contributed by atoms with Crippen molar-refractivity contribution >= 4 is 23.3 Å². The third-order valence-electron chi connectivity index (χ3n) is 2.52. The van der Waals surface area contributed by atoms with Crippen LogP contribution in [0.4, 0.5) is 0 Å². The molecule has 0 heterocycles. The zero-order valence-electron chi connectivity index (χ0n) is 9.33. The molecule has 4 nitrogen and oxygen atoms in total. The first-order valence-corrected chi connectivity index (χ1v) is 5.68. The molecule has 0 aliphatic heterocycles. The van der Waals surface area contributed by atoms with E-state index in [4.69, 9.17) is 16.3 Å². The van der Waals surface area contributed by atoms with Gasteiger partial charge in [-0.05, 0) is 31.0 Å². The molecule has 0 atom stereocenters. The summed E-state index contributed by atoms with van der Waals surface area (Å²) >= 11 is 5.80. The fourth-order valence-corrected chi connectivity index (χ4v) is 1.63. The maximum atomic E-state index is 11.9. The summed E-state index contributed by atoms with van der Waals surface area (Å²) in [5.74, 6) is -0.866. The molecule has 1 aromatic rings. The van der Waals surface area contributed by atoms with Crippen LogP contribution >= 0.6 is 11.6 Å². The van der Waals surface area contributed by atoms with Gasteiger partial charge >= 0.3 is 0 Å². The van der Waals surface area contributed by atoms with E-state index in [2.05, 4.69) is 5.32 Å². The predicted octanol–water partition coefficient (Wildman–Crippen LogP) is 1.81. The lowest BCUT2D eigenvalue weighted by molar-refractivity contribution is -0.117. The van der Waals surface area contributed by atoms with E-state index in [9.17, 15) is 9.59 Å². The topological polar surface area (TPSA) is 55.4 Å². The maximum Gasteiger partial charge on any atom is 0.292 e. The van der Waals surface area contributed by atoms with E-state index in [1.807, 2.05) is 0 Å². The van der Waals surface area contributed by atoms with Crippen molar-refractivity contribution in [3.05, 3.63) is 28.8 Å². The minimum Gasteiger partial charge on any atom is -0.496 e. The quantitative estimate of drug-likeness (QED) is 0.658. The summed E-state index contributed by atoms with van der Waals surface area (Å²) in [6.45, 7) is 0. The van der Waals surface area contributed by atoms with Gasteiger partial charge < -0.3 is 10.1 Å². The van der Waals surface area contributed by atoms with Gasteiger partial charge in [-0.15, -0.1) is 0 Å². The number of ketones is 1. The third-order valence-corrected chi connectivity index (χ3v) is 2.76. The van der Waals surface area contributed by atoms with Crippen LogP contribution in [0, 0.1) is 0 Å². The molecular weight excluding hydrogens is 242 g/mol. The van der Waals surface area contributed by atoms with Crippen molar-refractivity contribution in [1.29, 1.82) is 0 Å². The van der Waals surface area contributed by atoms with Crippen molar-refractivity contribution in [1.82, 2.24) is 5.32 Å². The van der Waals surface area contributed by atoms with Crippen molar-refractivity contribution < 1.29 is 14.3 Å². The van der Waals surface area contributed by atoms with Gasteiger partial charge in [0.05, 0.1) is 12.7 Å². The Balaban J connectivity index is 2.21. The molecule has 1 amide bonds. The average molecular weight is 254 g/mol. The highest BCUT2D eigenvalue weighted by Gasteiger charge is 2.28. The van der Waals surface area contributed by atoms with Gasteiger partial charge in [0.15, 0.2) is 0 Å². The number of carbonyl (C=O) groups is 2. The fraction of sp³-hybridized carbons (Fsp3) is 0.333. The highest BCUT2D eigenvalue weighted by molar-refractivity contribution is 6.44. The lowest BCUT2D eigenvalue weighted by Gasteiger charge is -2.07. The summed E-state index contributed by atoms with van der Waals surface area (Å²) in [4.78, 5) is 23.5. The number of Topliss-reactive ketones (excluding diaryl/α,β-unsaturated/α-hetero) is 1. The van der Waals surface area contributed by atoms with E-state index in [1.165, 1.54) is 13.2 Å². The van der Waals surface area contributed by atoms with Crippen molar-refractivity contribution in [3.63, 3.8) is 0 Å². The van der Waals surface area contributed by atoms with E-state index in [0.29, 0.717) is 10.8 Å². The van der Waals surface area contributed by atoms with Gasteiger partial charge in [0, 0.05) is 11.1 Å². The molecular formula is C12H12ClNO3. The number of carbonyl (C=O) groups excluding carboxylic acids is 2. The first-order chi connectivity index (χ1) is 8.11. The molecule has 0 bridgehead atoms. The first kappa shape index (κ1) is 11.9. The Bertz CT molecular complexity index is 469. The van der Waals surface area contributed by atoms with E-state index in [1.54, 1.807) is 12.1 Å². The van der Waals surface area contributed by atoms with Crippen LogP contribution in [0.1, 0.15) is 23.2 Å². The minimum absolute atomic E-state index is 0.150. The van der Waals surface area contributed by atoms with Crippen LogP contribution in [0.25, 0.3) is 0 Å². The minimum atomic E-state index is -0.615. The number of hydrogen-bond donors (Lipinski definition) is 1. The van der Waals surface area contributed by atoms with Crippen LogP contribution in [-0.2, 0) is 4.79 Å². The molecule has 1 fully saturated rings. The van der Waals surface area contributed by atoms with Crippen LogP contribution in [-0.4, -0.2) is 24.8 Å². The zero-order valence-corrected chi connectivity index (χ0v) is 10.1. The zero-order chi connectivity index (χ0) is 12.4. The smallest absolute Gasteiger partial charge is 0.292 e. The van der Waals surface area contributed by atoms with Crippen LogP contribution in [0.3, 0.4) is 0 Å². The van der Waals surface area contributed by atoms with Crippen molar-refractivity contribution in [3.8, 4) is 5.75 Å². The van der Waals surface area contributed by atoms with Crippen LogP contribution in [0.2, 0.25) is 5.02 Å². The summed E-state index contributed by atoms with van der Waals surface area (Å²) in [5.41, 5.74) is 0.193. The standard InChI is InChI=1S/C12H12ClNO3/c1-17-10-5-2-7(13)6-9(10)11(15)12(16)14-8-3-4-8/h2,5-6,8H,3-4H2,1H3,(H,14,16). The second-order valence-electron chi connectivity index (χ2n) is 3.92. The monoisotopic (exact) mass is 253 g/mol. The molecule has 90 valence electrons. The second-order valence-corrected chi connectivity index (χ2v) is 4.36. The Morgan fingerprint density at radius 1 is 1.41 bits per heavy atom. The maximum absolute atomic E-state index is 11.9. The Labute approximate surface area is 104 Å². The second kappa shape index (κ2) is 4.75. The normalized spacial score (nSPS) is 14.2. The summed E-state index contributed by atoms with van der Waals surface area (Å²) in [5, 5.41) is 3.03. The molecule has 0 radical (unpaired) electrons. The largest absolute Gasteiger partial charge is 0.496 e. The molecule has 1 aromatic carbocycles. The van der Waals surface area contributed by atoms with Crippen LogP contribution in [0.15, 0.2) is 18.2 Å². The summed E-state index contributed by atoms with van der Waals surface area (Å²) in [7, 11) is 1.44. The highest BCUT2D eigenvalue weighted by Crippen LogP contribution is 2.24. The highest BCUT2D eigenvalue weighted by atomic mass is 35.5. The van der Waals surface area contributed by atoms with Crippen molar-refractivity contribution in [2.75, 3.05) is 7.11 Å². The molecule has 0 spiro atoms. The van der Waals surface area contributed by atoms with Crippen molar-refractivity contribution in [2.45, 2.75) is 18.9 Å². The molecule has 0 saturated heterocycles. The molecule has 0 unspecified atom stereocenters. The Morgan fingerprint density at radius 3 is 2.71 bits per heavy atom. The molecule has 2 rings (SSSR count). The third kappa shape index (κ3) is 2.77. The summed E-state index contributed by atoms with van der Waals surface area (Å²) in [6.07, 6.45) is 1.87. The number of halogens is 1. The first-order valence-electron chi connectivity index (χ1n) is 5.30. The van der Waals surface area contributed by atoms with E-state index < -0.39 is 11.7 Å². The van der Waals surface area contributed by atoms with E-state index in [-0.39, 0.29) is 11.6 Å². The molecule has 5 heteroatoms. The SMILES string of the molecule is COc1ccc(Cl)cc1C(=O)C(=O)NC1CC1. The number of ether oxygens (including phenoxy) is 1. The number of rotatable bonds is 4. The van der Waals surface area contributed by atoms with Gasteiger partial charge in [0.2, 0.25) is 0 Å². The number of hydrogen-bond acceptors (Lipinski definition) is 3. The number of amides is 1. The van der Waals surface area contributed by atoms with Gasteiger partial charge in [0.1, 0.15) is 5.75 Å². The summed E-state index contributed by atoms with van der Waals surface area (Å²) in [6, 6.07) is 4.77. The average Bonchev–Trinajstić information content (AvgIpc) is 3.11. The Kier molecular flexibility index (Phi) is 3.33. The van der Waals surface area contributed by atoms with Gasteiger partial charge in [-0.3, -0.25) is 9.59 Å². The number of benzene rings is 1. The van der Waals surface area contributed by atoms with Gasteiger partial charge in [-0.1, -0.05) is 11.6 Å². The Morgan fingerprint density at radius 2 is 2.12 bits per heavy atom. The van der Waals surface area contributed by atoms with Crippen molar-refractivity contribution in [2.24, 2.45) is 0 Å². The fourth-order valence-electron chi connectivity index (χ4n) is 1.46. The van der Waals surface area contributed by atoms with Gasteiger partial charge in [0.25, 0.3) is 11.7 Å². The van der Waals surface area contributed by atoms with Gasteiger partial charge in [-0.2, -0.15) is 0 Å². The van der Waals surface area contributed by atoms with E-state index in [0.717, 1.165) is 12.8 Å². The van der Waals surface area contributed by atoms with Crippen LogP contribution < -0.4 is 10.1 Å². The molecule has 0 aromatic heterocycles. The van der Waals surface area contributed by atoms with Crippen LogP contribution in [0.5, 0.6) is 5.75 Å². The molecule has 17 heavy (non-hydrogen) atoms. The Hall–Kier alpha value is -1.55. The molecule has 1 aliphatic carbocycles. The van der Waals surface area contributed by atoms with E-state index >= 15 is 0 Å². The predicted molar refractivity (Wildman–Crippen MR) is 63.5 cm³/mol. The summed E-state index contributed by atoms with van der Waals surface area (Å²) < 4.78 is 5.03. The lowest BCUT2D eigenvalue weighted by Crippen LogP contribution is -2.32. The number of methoxy groups -OCH3 is 1. The number of nitrogens with one attached hydrogen (secondary N) is 1. The molecule has 1 saturated carbocycles. The molecule has 1 aliphatic rings. The molecule has 1 N–H and O–H groups in total. The lowest BCUT2D eigenvalue weighted by atomic mass is 10.1. The van der Waals surface area contributed by atoms with Gasteiger partial charge in [-0.25, -0.2) is 0 Å².